The lowest BCUT2D eigenvalue weighted by molar-refractivity contribution is -0.137. The summed E-state index contributed by atoms with van der Waals surface area (Å²) in [6, 6.07) is 2.39. The molecule has 1 saturated carbocycles. The van der Waals surface area contributed by atoms with Crippen molar-refractivity contribution in [3.63, 3.8) is 0 Å². The highest BCUT2D eigenvalue weighted by atomic mass is 19.4. The molecule has 2 fully saturated rings. The molecule has 1 aromatic heterocycles. The Morgan fingerprint density at radius 2 is 2.05 bits per heavy atom. The summed E-state index contributed by atoms with van der Waals surface area (Å²) in [6.07, 6.45) is 0.867. The zero-order valence-corrected chi connectivity index (χ0v) is 11.7. The summed E-state index contributed by atoms with van der Waals surface area (Å²) >= 11 is 0. The van der Waals surface area contributed by atoms with Gasteiger partial charge in [0.05, 0.1) is 11.7 Å². The summed E-state index contributed by atoms with van der Waals surface area (Å²) in [6.45, 7) is 1.03. The molecule has 21 heavy (non-hydrogen) atoms. The Bertz CT molecular complexity index is 520. The van der Waals surface area contributed by atoms with Crippen molar-refractivity contribution in [2.24, 2.45) is 5.41 Å². The molecule has 3 nitrogen and oxygen atoms in total. The first-order valence-corrected chi connectivity index (χ1v) is 7.38. The van der Waals surface area contributed by atoms with Crippen molar-refractivity contribution in [2.45, 2.75) is 44.4 Å². The molecule has 0 amide bonds. The molecule has 2 atom stereocenters. The smallest absolute Gasteiger partial charge is 0.392 e. The molecule has 0 radical (unpaired) electrons. The molecule has 6 heteroatoms. The summed E-state index contributed by atoms with van der Waals surface area (Å²) in [7, 11) is 0. The predicted molar refractivity (Wildman–Crippen MR) is 73.0 cm³/mol. The van der Waals surface area contributed by atoms with Gasteiger partial charge < -0.3 is 10.0 Å². The van der Waals surface area contributed by atoms with Gasteiger partial charge in [0.25, 0.3) is 0 Å². The number of nitrogens with zero attached hydrogens (tertiary/aromatic N) is 2. The number of halogens is 3. The lowest BCUT2D eigenvalue weighted by atomic mass is 9.76. The van der Waals surface area contributed by atoms with Gasteiger partial charge in [0.15, 0.2) is 0 Å². The fraction of sp³-hybridized carbons (Fsp3) is 0.667. The Hall–Kier alpha value is -1.30. The Balaban J connectivity index is 1.91. The standard InChI is InChI=1S/C15H19F3N2O/c16-15(17,18)11-4-2-8-19-13(11)20-9-3-7-14(10-20)6-1-5-12(14)21/h2,4,8,12,21H,1,3,5-7,9-10H2/t12-,14+/m1/s1. The van der Waals surface area contributed by atoms with Crippen LogP contribution in [0.15, 0.2) is 18.3 Å². The molecule has 1 aliphatic heterocycles. The van der Waals surface area contributed by atoms with E-state index < -0.39 is 17.8 Å². The minimum absolute atomic E-state index is 0.00294. The van der Waals surface area contributed by atoms with Crippen LogP contribution in [0.25, 0.3) is 0 Å². The molecular weight excluding hydrogens is 281 g/mol. The van der Waals surface area contributed by atoms with E-state index in [0.29, 0.717) is 13.1 Å². The van der Waals surface area contributed by atoms with Gasteiger partial charge in [-0.05, 0) is 37.8 Å². The second kappa shape index (κ2) is 5.16. The van der Waals surface area contributed by atoms with E-state index in [9.17, 15) is 18.3 Å². The number of aliphatic hydroxyl groups is 1. The quantitative estimate of drug-likeness (QED) is 0.865. The summed E-state index contributed by atoms with van der Waals surface area (Å²) in [4.78, 5) is 5.68. The molecule has 1 saturated heterocycles. The van der Waals surface area contributed by atoms with E-state index >= 15 is 0 Å². The fourth-order valence-corrected chi connectivity index (χ4v) is 3.81. The molecule has 0 unspecified atom stereocenters. The first-order valence-electron chi connectivity index (χ1n) is 7.38. The fourth-order valence-electron chi connectivity index (χ4n) is 3.81. The van der Waals surface area contributed by atoms with E-state index in [-0.39, 0.29) is 11.2 Å². The molecule has 116 valence electrons. The van der Waals surface area contributed by atoms with E-state index in [2.05, 4.69) is 4.98 Å². The van der Waals surface area contributed by atoms with Crippen molar-refractivity contribution in [3.05, 3.63) is 23.9 Å². The number of alkyl halides is 3. The molecule has 2 heterocycles. The van der Waals surface area contributed by atoms with Crippen LogP contribution in [-0.2, 0) is 6.18 Å². The van der Waals surface area contributed by atoms with E-state index in [1.165, 1.54) is 12.3 Å². The summed E-state index contributed by atoms with van der Waals surface area (Å²) < 4.78 is 39.4. The van der Waals surface area contributed by atoms with E-state index in [0.717, 1.165) is 38.2 Å². The van der Waals surface area contributed by atoms with Crippen LogP contribution in [0.4, 0.5) is 19.0 Å². The molecule has 0 aromatic carbocycles. The topological polar surface area (TPSA) is 36.4 Å². The van der Waals surface area contributed by atoms with Crippen molar-refractivity contribution in [1.29, 1.82) is 0 Å². The van der Waals surface area contributed by atoms with E-state index in [1.807, 2.05) is 0 Å². The number of anilines is 1. The zero-order chi connectivity index (χ0) is 15.1. The third kappa shape index (κ3) is 2.61. The lowest BCUT2D eigenvalue weighted by Gasteiger charge is -2.43. The van der Waals surface area contributed by atoms with Gasteiger partial charge in [-0.25, -0.2) is 4.98 Å². The predicted octanol–water partition coefficient (Wildman–Crippen LogP) is 3.23. The van der Waals surface area contributed by atoms with Crippen molar-refractivity contribution in [2.75, 3.05) is 18.0 Å². The van der Waals surface area contributed by atoms with Crippen molar-refractivity contribution in [1.82, 2.24) is 4.98 Å². The summed E-state index contributed by atoms with van der Waals surface area (Å²) in [5.74, 6) is 0.00294. The van der Waals surface area contributed by atoms with Gasteiger partial charge in [0.2, 0.25) is 0 Å². The van der Waals surface area contributed by atoms with Crippen molar-refractivity contribution < 1.29 is 18.3 Å². The lowest BCUT2D eigenvalue weighted by Crippen LogP contribution is -2.48. The maximum Gasteiger partial charge on any atom is 0.419 e. The molecule has 1 aliphatic carbocycles. The largest absolute Gasteiger partial charge is 0.419 e. The van der Waals surface area contributed by atoms with Crippen LogP contribution >= 0.6 is 0 Å². The van der Waals surface area contributed by atoms with Crippen LogP contribution in [0.2, 0.25) is 0 Å². The minimum atomic E-state index is -4.40. The Morgan fingerprint density at radius 1 is 1.29 bits per heavy atom. The number of hydrogen-bond acceptors (Lipinski definition) is 3. The number of rotatable bonds is 1. The number of piperidine rings is 1. The van der Waals surface area contributed by atoms with Crippen LogP contribution in [-0.4, -0.2) is 29.3 Å². The normalized spacial score (nSPS) is 30.1. The molecular formula is C15H19F3N2O. The first-order chi connectivity index (χ1) is 9.92. The highest BCUT2D eigenvalue weighted by Crippen LogP contribution is 2.46. The number of aromatic nitrogens is 1. The van der Waals surface area contributed by atoms with Gasteiger partial charge in [0, 0.05) is 24.7 Å². The van der Waals surface area contributed by atoms with Crippen LogP contribution in [0, 0.1) is 5.41 Å². The van der Waals surface area contributed by atoms with Crippen LogP contribution in [0.3, 0.4) is 0 Å². The average Bonchev–Trinajstić information content (AvgIpc) is 2.79. The molecule has 1 aromatic rings. The highest BCUT2D eigenvalue weighted by Gasteiger charge is 2.46. The van der Waals surface area contributed by atoms with Crippen molar-refractivity contribution >= 4 is 5.82 Å². The van der Waals surface area contributed by atoms with Crippen LogP contribution in [0.1, 0.15) is 37.7 Å². The molecule has 1 spiro atoms. The van der Waals surface area contributed by atoms with Gasteiger partial charge in [-0.3, -0.25) is 0 Å². The Labute approximate surface area is 121 Å². The summed E-state index contributed by atoms with van der Waals surface area (Å²) in [5, 5.41) is 10.2. The van der Waals surface area contributed by atoms with Gasteiger partial charge in [-0.15, -0.1) is 0 Å². The maximum atomic E-state index is 13.1. The molecule has 0 bridgehead atoms. The van der Waals surface area contributed by atoms with Crippen LogP contribution < -0.4 is 4.90 Å². The van der Waals surface area contributed by atoms with E-state index in [1.54, 1.807) is 4.90 Å². The molecule has 1 N–H and O–H groups in total. The maximum absolute atomic E-state index is 13.1. The van der Waals surface area contributed by atoms with Gasteiger partial charge >= 0.3 is 6.18 Å². The number of aliphatic hydroxyl groups excluding tert-OH is 1. The van der Waals surface area contributed by atoms with Gasteiger partial charge in [-0.1, -0.05) is 6.42 Å². The van der Waals surface area contributed by atoms with Gasteiger partial charge in [0.1, 0.15) is 5.82 Å². The SMILES string of the molecule is O[C@@H]1CCC[C@@]12CCCN(c1ncccc1C(F)(F)F)C2. The monoisotopic (exact) mass is 300 g/mol. The average molecular weight is 300 g/mol. The number of hydrogen-bond donors (Lipinski definition) is 1. The second-order valence-electron chi connectivity index (χ2n) is 6.17. The molecule has 3 rings (SSSR count). The Kier molecular flexibility index (Phi) is 3.59. The van der Waals surface area contributed by atoms with Crippen LogP contribution in [0.5, 0.6) is 0 Å². The summed E-state index contributed by atoms with van der Waals surface area (Å²) in [5.41, 5.74) is -0.937. The first kappa shape index (κ1) is 14.6. The molecule has 2 aliphatic rings. The number of pyridine rings is 1. The van der Waals surface area contributed by atoms with Gasteiger partial charge in [-0.2, -0.15) is 13.2 Å². The third-order valence-corrected chi connectivity index (χ3v) is 4.86. The zero-order valence-electron chi connectivity index (χ0n) is 11.7. The second-order valence-corrected chi connectivity index (χ2v) is 6.17. The van der Waals surface area contributed by atoms with Crippen molar-refractivity contribution in [3.8, 4) is 0 Å². The minimum Gasteiger partial charge on any atom is -0.392 e. The van der Waals surface area contributed by atoms with E-state index in [4.69, 9.17) is 0 Å². The Morgan fingerprint density at radius 3 is 2.71 bits per heavy atom. The highest BCUT2D eigenvalue weighted by molar-refractivity contribution is 5.49. The third-order valence-electron chi connectivity index (χ3n) is 4.86.